The minimum atomic E-state index is -1.13. The standard InChI is InChI=1S/6C7H6O2.2C6H7NO.2Eu.2H2O/c6*8-7(9)6-4-2-1-3-5-6;2*1-6-2-4-7(8)5-3-6;;;;/h6*1-5H,(H,8,9);2*2-5H,1H3;;;2*1H2/q;;;;;;;;2*+3;;/p-4. The second kappa shape index (κ2) is 44.8. The van der Waals surface area contributed by atoms with Gasteiger partial charge in [0, 0.05) is 24.3 Å². The van der Waals surface area contributed by atoms with Gasteiger partial charge in [0.1, 0.15) is 0 Å². The zero-order chi connectivity index (χ0) is 52.1. The average Bonchev–Trinajstić information content (AvgIpc) is 3.38. The molecule has 0 spiro atoms. The molecule has 0 bridgehead atoms. The van der Waals surface area contributed by atoms with Crippen LogP contribution in [0, 0.1) is 123 Å². The van der Waals surface area contributed by atoms with Gasteiger partial charge in [0.05, 0.1) is 35.8 Å². The van der Waals surface area contributed by atoms with Gasteiger partial charge in [-0.1, -0.05) is 182 Å². The number of rotatable bonds is 6. The normalized spacial score (nSPS) is 8.46. The Hall–Kier alpha value is -6.87. The van der Waals surface area contributed by atoms with Crippen molar-refractivity contribution in [1.82, 2.24) is 0 Å². The van der Waals surface area contributed by atoms with Gasteiger partial charge in [0.15, 0.2) is 24.8 Å². The van der Waals surface area contributed by atoms with E-state index in [2.05, 4.69) is 0 Å². The average molecular weight is 1290 g/mol. The fraction of sp³-hybridized carbons (Fsp3) is 0.0370. The minimum Gasteiger partial charge on any atom is -0.619 e. The van der Waals surface area contributed by atoms with Crippen LogP contribution in [0.4, 0.5) is 0 Å². The van der Waals surface area contributed by atoms with Gasteiger partial charge in [-0.25, -0.2) is 0 Å². The Morgan fingerprint density at radius 2 is 0.392 bits per heavy atom. The molecule has 2 aromatic heterocycles. The monoisotopic (exact) mass is 1290 g/mol. The summed E-state index contributed by atoms with van der Waals surface area (Å²) in [5.74, 6) is -6.77. The molecule has 0 radical (unpaired) electrons. The molecule has 0 atom stereocenters. The zero-order valence-electron chi connectivity index (χ0n) is 39.5. The first kappa shape index (κ1) is 73.7. The summed E-state index contributed by atoms with van der Waals surface area (Å²) >= 11 is 0. The number of carboxylic acid groups (broad SMARTS) is 6. The number of carbonyl (C=O) groups excluding carboxylic acids is 6. The Bertz CT molecular complexity index is 2260. The molecule has 74 heavy (non-hydrogen) atoms. The Morgan fingerprint density at radius 3 is 0.473 bits per heavy atom. The second-order valence-electron chi connectivity index (χ2n) is 13.4. The number of benzene rings is 6. The van der Waals surface area contributed by atoms with Crippen molar-refractivity contribution >= 4 is 35.8 Å². The fourth-order valence-corrected chi connectivity index (χ4v) is 4.42. The third-order valence-corrected chi connectivity index (χ3v) is 7.99. The molecule has 20 heteroatoms. The molecule has 0 saturated heterocycles. The predicted molar refractivity (Wildman–Crippen MR) is 255 cm³/mol. The molecule has 0 fully saturated rings. The van der Waals surface area contributed by atoms with Crippen LogP contribution >= 0.6 is 0 Å². The van der Waals surface area contributed by atoms with Crippen molar-refractivity contribution in [2.45, 2.75) is 13.8 Å². The summed E-state index contributed by atoms with van der Waals surface area (Å²) in [5, 5.41) is 81.2. The fourth-order valence-electron chi connectivity index (χ4n) is 4.42. The Kier molecular flexibility index (Phi) is 44.6. The number of pyridine rings is 2. The van der Waals surface area contributed by atoms with Gasteiger partial charge < -0.3 is 80.8 Å². The number of carbonyl (C=O) groups is 6. The van der Waals surface area contributed by atoms with Gasteiger partial charge in [-0.15, -0.1) is 0 Å². The van der Waals surface area contributed by atoms with Gasteiger partial charge in [-0.2, -0.15) is 9.46 Å². The maximum atomic E-state index is 10.3. The largest absolute Gasteiger partial charge is 3.00 e. The third-order valence-electron chi connectivity index (χ3n) is 7.99. The molecule has 0 amide bonds. The molecule has 0 aliphatic carbocycles. The number of aromatic nitrogens is 2. The molecule has 0 aliphatic rings. The molecular weight excluding hydrogens is 1240 g/mol. The van der Waals surface area contributed by atoms with Crippen molar-refractivity contribution in [1.29, 1.82) is 0 Å². The van der Waals surface area contributed by atoms with Gasteiger partial charge in [0.25, 0.3) is 0 Å². The van der Waals surface area contributed by atoms with E-state index in [9.17, 15) is 69.8 Å². The van der Waals surface area contributed by atoms with Crippen LogP contribution in [0.15, 0.2) is 231 Å². The Balaban J connectivity index is -0.000000376. The van der Waals surface area contributed by atoms with Crippen molar-refractivity contribution in [2.24, 2.45) is 0 Å². The molecule has 0 aliphatic heterocycles. The van der Waals surface area contributed by atoms with Gasteiger partial charge in [0.2, 0.25) is 0 Å². The maximum absolute atomic E-state index is 10.3. The van der Waals surface area contributed by atoms with E-state index >= 15 is 0 Å². The summed E-state index contributed by atoms with van der Waals surface area (Å²) in [7, 11) is 0. The molecule has 8 aromatic rings. The third kappa shape index (κ3) is 37.0. The van der Waals surface area contributed by atoms with Crippen LogP contribution in [0.5, 0.6) is 0 Å². The first-order valence-electron chi connectivity index (χ1n) is 20.3. The Morgan fingerprint density at radius 1 is 0.270 bits per heavy atom. The summed E-state index contributed by atoms with van der Waals surface area (Å²) in [6.07, 6.45) is 5.93. The molecule has 384 valence electrons. The van der Waals surface area contributed by atoms with Crippen molar-refractivity contribution in [3.8, 4) is 0 Å². The van der Waals surface area contributed by atoms with E-state index < -0.39 is 35.8 Å². The van der Waals surface area contributed by atoms with Crippen LogP contribution in [0.3, 0.4) is 0 Å². The molecular formula is C54H50Eu2N2O16+2. The van der Waals surface area contributed by atoms with Gasteiger partial charge in [-0.05, 0) is 58.4 Å². The van der Waals surface area contributed by atoms with E-state index in [0.29, 0.717) is 0 Å². The van der Waals surface area contributed by atoms with Crippen molar-refractivity contribution in [2.75, 3.05) is 0 Å². The number of nitrogens with zero attached hydrogens (tertiary/aromatic N) is 2. The zero-order valence-corrected chi connectivity index (χ0v) is 44.3. The summed E-state index contributed by atoms with van der Waals surface area (Å²) in [5.41, 5.74) is 3.54. The van der Waals surface area contributed by atoms with Gasteiger partial charge in [-0.3, -0.25) is 0 Å². The van der Waals surface area contributed by atoms with E-state index in [1.165, 1.54) is 97.6 Å². The number of hydrogen-bond donors (Lipinski definition) is 0. The topological polar surface area (TPSA) is 361 Å². The van der Waals surface area contributed by atoms with Crippen molar-refractivity contribution < 1.29 is 179 Å². The van der Waals surface area contributed by atoms with E-state index in [-0.39, 0.29) is 143 Å². The number of aryl methyl sites for hydroxylation is 2. The van der Waals surface area contributed by atoms with Gasteiger partial charge >= 0.3 is 98.8 Å². The van der Waals surface area contributed by atoms with Crippen LogP contribution in [-0.2, 0) is 11.0 Å². The molecule has 6 aromatic carbocycles. The molecule has 8 rings (SSSR count). The Labute approximate surface area is 508 Å². The summed E-state index contributed by atoms with van der Waals surface area (Å²) in [6.45, 7) is 3.89. The van der Waals surface area contributed by atoms with Crippen LogP contribution in [0.2, 0.25) is 0 Å². The quantitative estimate of drug-likeness (QED) is 0.117. The van der Waals surface area contributed by atoms with Crippen molar-refractivity contribution in [3.63, 3.8) is 0 Å². The second-order valence-corrected chi connectivity index (χ2v) is 13.4. The number of aromatic carboxylic acids is 6. The van der Waals surface area contributed by atoms with E-state index in [0.717, 1.165) is 20.6 Å². The van der Waals surface area contributed by atoms with E-state index in [1.807, 2.05) is 13.8 Å². The smallest absolute Gasteiger partial charge is 0.619 e. The molecule has 0 saturated carbocycles. The van der Waals surface area contributed by atoms with Crippen molar-refractivity contribution in [3.05, 3.63) is 286 Å². The minimum absolute atomic E-state index is 0. The van der Waals surface area contributed by atoms with E-state index in [4.69, 9.17) is 0 Å². The van der Waals surface area contributed by atoms with E-state index in [1.54, 1.807) is 133 Å². The van der Waals surface area contributed by atoms with Crippen LogP contribution in [0.25, 0.3) is 0 Å². The molecule has 2 heterocycles. The van der Waals surface area contributed by atoms with Crippen LogP contribution in [-0.4, -0.2) is 35.8 Å². The SMILES string of the molecule is Cc1cc[n+]([O-])cc1.Cc1cc[n+]([O-])cc1.O=C([O-])c1ccccc1.O=C([O-])c1ccccc1.O=C([O-])c1ccccc1.O=C([O-])c1ccccc1.O=C([O-])c1ccccc1.O=C([O-])c1ccccc1.[Eu+3].[Eu+3].[OH3+].[OH3+]. The summed E-state index contributed by atoms with van der Waals surface area (Å²) in [6, 6.07) is 55.5. The van der Waals surface area contributed by atoms with Crippen LogP contribution in [0.1, 0.15) is 73.3 Å². The first-order valence-corrected chi connectivity index (χ1v) is 20.3. The maximum Gasteiger partial charge on any atom is 3.00 e. The summed E-state index contributed by atoms with van der Waals surface area (Å²) < 4.78 is 1.54. The summed E-state index contributed by atoms with van der Waals surface area (Å²) in [4.78, 5) is 60.5. The predicted octanol–water partition coefficient (Wildman–Crippen LogP) is -0.286. The molecule has 6 N–H and O–H groups in total. The van der Waals surface area contributed by atoms with Crippen LogP contribution < -0.4 is 40.1 Å². The number of carboxylic acids is 6. The number of hydrogen-bond acceptors (Lipinski definition) is 14. The molecule has 18 nitrogen and oxygen atoms in total. The first-order chi connectivity index (χ1) is 33.4. The molecule has 0 unspecified atom stereocenters.